The zero-order valence-corrected chi connectivity index (χ0v) is 48.3. The summed E-state index contributed by atoms with van der Waals surface area (Å²) < 4.78 is 41.9. The molecule has 0 radical (unpaired) electrons. The summed E-state index contributed by atoms with van der Waals surface area (Å²) in [6.45, 7) is 20.9. The number of carbonyl (C=O) groups is 6. The van der Waals surface area contributed by atoms with E-state index in [2.05, 4.69) is 25.7 Å². The predicted octanol–water partition coefficient (Wildman–Crippen LogP) is 5.43. The lowest BCUT2D eigenvalue weighted by atomic mass is 9.93. The van der Waals surface area contributed by atoms with Gasteiger partial charge >= 0.3 is 0 Å². The Hall–Kier alpha value is -7.93. The maximum absolute atomic E-state index is 13.9. The molecule has 25 heteroatoms. The highest BCUT2D eigenvalue weighted by Crippen LogP contribution is 2.34. The first-order chi connectivity index (χ1) is 37.6. The van der Waals surface area contributed by atoms with Crippen LogP contribution in [0.5, 0.6) is 11.5 Å². The van der Waals surface area contributed by atoms with Gasteiger partial charge in [0.15, 0.2) is 0 Å². The van der Waals surface area contributed by atoms with Crippen LogP contribution in [0.2, 0.25) is 0 Å². The number of aliphatic imine (C=N–C) groups is 1. The third-order valence-electron chi connectivity index (χ3n) is 12.6. The van der Waals surface area contributed by atoms with Gasteiger partial charge in [0.25, 0.3) is 11.8 Å². The number of sulfonamides is 1. The van der Waals surface area contributed by atoms with Crippen molar-refractivity contribution >= 4 is 85.5 Å². The summed E-state index contributed by atoms with van der Waals surface area (Å²) in [5, 5.41) is 15.6. The average Bonchev–Trinajstić information content (AvgIpc) is 4.26. The number of aryl methyl sites for hydroxylation is 2. The number of imidazole rings is 2. The molecule has 6 rings (SSSR count). The minimum atomic E-state index is -4.20. The van der Waals surface area contributed by atoms with E-state index >= 15 is 0 Å². The fourth-order valence-electron chi connectivity index (χ4n) is 8.42. The Labute approximate surface area is 461 Å². The molecule has 2 aromatic carbocycles. The quantitative estimate of drug-likeness (QED) is 0.0277. The Morgan fingerprint density at radius 2 is 1.52 bits per heavy atom. The SMILES string of the molecule is CC.CC.CCN=C(/C=C(/C)N)C(=O)Nc1nc2cc(S(N)(=O)=O)cc(OC)c2n1C/C=C/Cn1c(NC(=O)c2cc(C)nn2CC)nc2cc(C(N)=O)cc(OCCC3CN(C(=O)CCN(C)C(=O)CC(C=O)C(C)C)C3)c21. The molecule has 1 aliphatic heterocycles. The molecule has 0 bridgehead atoms. The average molecular weight is 1120 g/mol. The van der Waals surface area contributed by atoms with E-state index in [-0.39, 0.29) is 131 Å². The number of nitrogens with one attached hydrogen (secondary N) is 2. The molecule has 1 unspecified atom stereocenters. The minimum Gasteiger partial charge on any atom is -0.494 e. The summed E-state index contributed by atoms with van der Waals surface area (Å²) >= 11 is 0. The van der Waals surface area contributed by atoms with Crippen LogP contribution < -0.4 is 36.7 Å². The predicted molar refractivity (Wildman–Crippen MR) is 304 cm³/mol. The van der Waals surface area contributed by atoms with Crippen LogP contribution in [0.4, 0.5) is 11.9 Å². The molecule has 79 heavy (non-hydrogen) atoms. The zero-order chi connectivity index (χ0) is 58.9. The standard InChI is InChI=1S/C50H66N14O10S.2C2H6/c1-9-54-38(19-30(5)51)47(69)57-49-56-37-24-35(75(53,71)72)25-40(73-8)44(37)62(49)15-11-12-16-63-45-36(55-50(63)58-48(70)39-20-31(6)59-64(39)10-2)21-33(46(52)68)22-41(45)74-18-14-32-26-61(27-32)42(66)13-17-60(7)43(67)23-34(28-65)29(3)4;2*1-2/h11-12,19-22,24-25,28-29,32,34H,9-10,13-18,23,26-27,51H2,1-8H3,(H2,52,68)(H2,53,71,72)(H,55,58,70)(H,56,57,69);2*1-2H3/b12-11+,30-19-,54-38?;;. The number of benzene rings is 2. The van der Waals surface area contributed by atoms with Gasteiger partial charge in [-0.2, -0.15) is 5.10 Å². The summed E-state index contributed by atoms with van der Waals surface area (Å²) in [5.41, 5.74) is 14.3. The number of rotatable bonds is 25. The number of methoxy groups -OCH3 is 1. The van der Waals surface area contributed by atoms with Gasteiger partial charge in [0.2, 0.25) is 39.6 Å². The number of amides is 5. The molecule has 8 N–H and O–H groups in total. The number of carbonyl (C=O) groups excluding carboxylic acids is 6. The van der Waals surface area contributed by atoms with Gasteiger partial charge in [-0.15, -0.1) is 0 Å². The molecular formula is C54H78N14O10S. The first-order valence-corrected chi connectivity index (χ1v) is 28.0. The van der Waals surface area contributed by atoms with Crippen LogP contribution in [0.15, 0.2) is 64.1 Å². The lowest BCUT2D eigenvalue weighted by Crippen LogP contribution is -2.51. The van der Waals surface area contributed by atoms with Crippen LogP contribution in [0.1, 0.15) is 108 Å². The van der Waals surface area contributed by atoms with Gasteiger partial charge < -0.3 is 44.7 Å². The summed E-state index contributed by atoms with van der Waals surface area (Å²) in [6.07, 6.45) is 6.50. The van der Waals surface area contributed by atoms with Crippen molar-refractivity contribution in [2.75, 3.05) is 57.6 Å². The number of primary amides is 1. The molecule has 0 spiro atoms. The van der Waals surface area contributed by atoms with Crippen molar-refractivity contribution in [1.82, 2.24) is 38.7 Å². The fourth-order valence-corrected chi connectivity index (χ4v) is 8.97. The second-order valence-electron chi connectivity index (χ2n) is 18.6. The maximum Gasteiger partial charge on any atom is 0.276 e. The summed E-state index contributed by atoms with van der Waals surface area (Å²) in [4.78, 5) is 94.0. The molecule has 1 atom stereocenters. The highest BCUT2D eigenvalue weighted by molar-refractivity contribution is 7.89. The molecule has 1 aliphatic rings. The van der Waals surface area contributed by atoms with Gasteiger partial charge in [-0.1, -0.05) is 53.7 Å². The Balaban J connectivity index is 0.00000328. The molecule has 1 saturated heterocycles. The van der Waals surface area contributed by atoms with E-state index in [9.17, 15) is 37.2 Å². The number of likely N-dealkylation sites (tertiary alicyclic amines) is 1. The van der Waals surface area contributed by atoms with Crippen LogP contribution in [-0.4, -0.2) is 136 Å². The van der Waals surface area contributed by atoms with E-state index in [1.807, 2.05) is 48.5 Å². The lowest BCUT2D eigenvalue weighted by Gasteiger charge is -2.39. The maximum atomic E-state index is 13.9. The second-order valence-corrected chi connectivity index (χ2v) is 20.1. The van der Waals surface area contributed by atoms with E-state index in [0.29, 0.717) is 48.5 Å². The van der Waals surface area contributed by atoms with E-state index in [1.54, 1.807) is 64.8 Å². The van der Waals surface area contributed by atoms with Gasteiger partial charge in [0.05, 0.1) is 35.3 Å². The summed E-state index contributed by atoms with van der Waals surface area (Å²) in [6, 6.07) is 7.17. The second kappa shape index (κ2) is 29.2. The minimum absolute atomic E-state index is 0.0141. The van der Waals surface area contributed by atoms with Gasteiger partial charge in [-0.05, 0) is 76.3 Å². The van der Waals surface area contributed by atoms with Crippen molar-refractivity contribution in [1.29, 1.82) is 0 Å². The molecule has 5 aromatic rings. The van der Waals surface area contributed by atoms with Crippen LogP contribution in [0.3, 0.4) is 0 Å². The molecule has 0 saturated carbocycles. The number of ether oxygens (including phenoxy) is 2. The van der Waals surface area contributed by atoms with Crippen molar-refractivity contribution in [3.8, 4) is 11.5 Å². The van der Waals surface area contributed by atoms with Crippen molar-refractivity contribution in [3.05, 3.63) is 71.2 Å². The van der Waals surface area contributed by atoms with Gasteiger partial charge in [-0.3, -0.25) is 44.3 Å². The highest BCUT2D eigenvalue weighted by atomic mass is 32.2. The van der Waals surface area contributed by atoms with Gasteiger partial charge in [0.1, 0.15) is 40.2 Å². The number of nitrogens with two attached hydrogens (primary N) is 3. The summed E-state index contributed by atoms with van der Waals surface area (Å²) in [5.74, 6) is -1.96. The Morgan fingerprint density at radius 1 is 0.911 bits per heavy atom. The van der Waals surface area contributed by atoms with Gasteiger partial charge in [0, 0.05) is 88.9 Å². The number of aldehydes is 1. The molecule has 5 amide bonds. The number of hydrogen-bond acceptors (Lipinski definition) is 15. The Bertz CT molecular complexity index is 3200. The number of primary sulfonamides is 1. The molecule has 430 valence electrons. The summed E-state index contributed by atoms with van der Waals surface area (Å²) in [7, 11) is -1.23. The van der Waals surface area contributed by atoms with Crippen LogP contribution in [-0.2, 0) is 48.8 Å². The normalized spacial score (nSPS) is 13.3. The largest absolute Gasteiger partial charge is 0.494 e. The molecular weight excluding hydrogens is 1040 g/mol. The topological polar surface area (TPSA) is 329 Å². The molecule has 1 fully saturated rings. The lowest BCUT2D eigenvalue weighted by molar-refractivity contribution is -0.139. The smallest absolute Gasteiger partial charge is 0.276 e. The van der Waals surface area contributed by atoms with Crippen molar-refractivity contribution in [2.45, 2.75) is 113 Å². The van der Waals surface area contributed by atoms with Gasteiger partial charge in [-0.25, -0.2) is 23.5 Å². The third-order valence-corrected chi connectivity index (χ3v) is 13.5. The number of nitrogens with zero attached hydrogens (tertiary/aromatic N) is 9. The first kappa shape index (κ1) is 63.6. The molecule has 0 aliphatic carbocycles. The van der Waals surface area contributed by atoms with Crippen LogP contribution in [0.25, 0.3) is 22.1 Å². The third kappa shape index (κ3) is 16.3. The zero-order valence-electron chi connectivity index (χ0n) is 47.5. The molecule has 4 heterocycles. The number of hydrogen-bond donors (Lipinski definition) is 5. The van der Waals surface area contributed by atoms with E-state index in [0.717, 1.165) is 6.29 Å². The van der Waals surface area contributed by atoms with E-state index in [1.165, 1.54) is 42.4 Å². The first-order valence-electron chi connectivity index (χ1n) is 26.4. The van der Waals surface area contributed by atoms with E-state index in [4.69, 9.17) is 31.1 Å². The highest BCUT2D eigenvalue weighted by Gasteiger charge is 2.31. The number of fused-ring (bicyclic) bond motifs is 2. The van der Waals surface area contributed by atoms with Crippen molar-refractivity contribution in [3.63, 3.8) is 0 Å². The number of aromatic nitrogens is 6. The van der Waals surface area contributed by atoms with Crippen LogP contribution >= 0.6 is 0 Å². The van der Waals surface area contributed by atoms with Crippen LogP contribution in [0, 0.1) is 24.7 Å². The van der Waals surface area contributed by atoms with E-state index < -0.39 is 27.7 Å². The number of anilines is 2. The number of allylic oxidation sites excluding steroid dienone is 3. The molecule has 24 nitrogen and oxygen atoms in total. The molecule has 3 aromatic heterocycles. The van der Waals surface area contributed by atoms with Crippen molar-refractivity contribution in [2.24, 2.45) is 39.4 Å². The monoisotopic (exact) mass is 1110 g/mol. The fraction of sp³-hybridized carbons (Fsp3) is 0.481. The Kier molecular flexibility index (Phi) is 23.5. The van der Waals surface area contributed by atoms with Crippen molar-refractivity contribution < 1.29 is 46.7 Å². The Morgan fingerprint density at radius 3 is 2.06 bits per heavy atom.